The first-order chi connectivity index (χ1) is 16.8. The molecule has 0 radical (unpaired) electrons. The monoisotopic (exact) mass is 546 g/mol. The zero-order valence-electron chi connectivity index (χ0n) is 22.0. The average Bonchev–Trinajstić information content (AvgIpc) is 3.27. The summed E-state index contributed by atoms with van der Waals surface area (Å²) in [5, 5.41) is 7.58. The molecule has 1 aromatic carbocycles. The summed E-state index contributed by atoms with van der Waals surface area (Å²) in [6.45, 7) is 15.4. The van der Waals surface area contributed by atoms with Gasteiger partial charge in [0.15, 0.2) is 8.32 Å². The maximum absolute atomic E-state index is 13.3. The Morgan fingerprint density at radius 1 is 1.17 bits per heavy atom. The third kappa shape index (κ3) is 7.13. The summed E-state index contributed by atoms with van der Waals surface area (Å²) in [6.07, 6.45) is 3.39. The van der Waals surface area contributed by atoms with Crippen molar-refractivity contribution in [3.63, 3.8) is 0 Å². The molecule has 3 aromatic rings. The van der Waals surface area contributed by atoms with Crippen LogP contribution in [0.4, 0.5) is 5.82 Å². The molecule has 0 saturated heterocycles. The zero-order valence-corrected chi connectivity index (χ0v) is 24.5. The number of aromatic nitrogens is 2. The minimum Gasteiger partial charge on any atom is -0.414 e. The standard InChI is InChI=1S/C27H36Cl2N4O2Si/c1-17(2)32-25-13-21(22(29)15-31-25)19-12-23(30-14-19)26(34)33-24(18-9-8-10-20(28)11-18)16-35-36(6,7)27(3,4)5/h8-15,17,24,30H,16H2,1-7H3,(H,31,32)(H,33,34)/t24-/m1/s1. The largest absolute Gasteiger partial charge is 0.414 e. The predicted octanol–water partition coefficient (Wildman–Crippen LogP) is 7.70. The molecule has 3 rings (SSSR count). The Labute approximate surface area is 225 Å². The van der Waals surface area contributed by atoms with Gasteiger partial charge >= 0.3 is 0 Å². The summed E-state index contributed by atoms with van der Waals surface area (Å²) >= 11 is 12.7. The highest BCUT2D eigenvalue weighted by Crippen LogP contribution is 2.37. The van der Waals surface area contributed by atoms with Crippen molar-refractivity contribution >= 4 is 43.2 Å². The van der Waals surface area contributed by atoms with Gasteiger partial charge in [-0.15, -0.1) is 0 Å². The van der Waals surface area contributed by atoms with Gasteiger partial charge in [-0.05, 0) is 61.8 Å². The molecular weight excluding hydrogens is 511 g/mol. The zero-order chi connectivity index (χ0) is 26.7. The van der Waals surface area contributed by atoms with E-state index in [-0.39, 0.29) is 23.0 Å². The van der Waals surface area contributed by atoms with Crippen molar-refractivity contribution in [3.8, 4) is 11.1 Å². The van der Waals surface area contributed by atoms with Crippen molar-refractivity contribution in [1.82, 2.24) is 15.3 Å². The first kappa shape index (κ1) is 28.3. The number of carbonyl (C=O) groups is 1. The highest BCUT2D eigenvalue weighted by Gasteiger charge is 2.38. The smallest absolute Gasteiger partial charge is 0.268 e. The molecule has 0 spiro atoms. The van der Waals surface area contributed by atoms with Crippen LogP contribution in [0, 0.1) is 0 Å². The van der Waals surface area contributed by atoms with E-state index in [1.165, 1.54) is 0 Å². The number of H-pyrrole nitrogens is 1. The van der Waals surface area contributed by atoms with Crippen LogP contribution in [0.3, 0.4) is 0 Å². The van der Waals surface area contributed by atoms with Gasteiger partial charge in [-0.1, -0.05) is 56.1 Å². The number of halogens is 2. The van der Waals surface area contributed by atoms with Crippen LogP contribution in [0.15, 0.2) is 48.8 Å². The molecule has 1 atom stereocenters. The maximum atomic E-state index is 13.3. The lowest BCUT2D eigenvalue weighted by Crippen LogP contribution is -2.43. The third-order valence-corrected chi connectivity index (χ3v) is 11.5. The number of rotatable bonds is 9. The highest BCUT2D eigenvalue weighted by molar-refractivity contribution is 6.74. The van der Waals surface area contributed by atoms with E-state index in [4.69, 9.17) is 27.6 Å². The number of amides is 1. The molecule has 1 amide bonds. The van der Waals surface area contributed by atoms with Crippen molar-refractivity contribution in [1.29, 1.82) is 0 Å². The quantitative estimate of drug-likeness (QED) is 0.240. The van der Waals surface area contributed by atoms with E-state index in [2.05, 4.69) is 54.5 Å². The number of benzene rings is 1. The van der Waals surface area contributed by atoms with Crippen molar-refractivity contribution in [3.05, 3.63) is 70.1 Å². The fourth-order valence-electron chi connectivity index (χ4n) is 3.40. The maximum Gasteiger partial charge on any atom is 0.268 e. The molecule has 0 bridgehead atoms. The van der Waals surface area contributed by atoms with Gasteiger partial charge in [0.05, 0.1) is 17.7 Å². The fraction of sp³-hybridized carbons (Fsp3) is 0.407. The number of nitrogens with zero attached hydrogens (tertiary/aromatic N) is 1. The van der Waals surface area contributed by atoms with E-state index in [0.29, 0.717) is 22.3 Å². The van der Waals surface area contributed by atoms with Gasteiger partial charge in [0.25, 0.3) is 5.91 Å². The molecule has 3 N–H and O–H groups in total. The summed E-state index contributed by atoms with van der Waals surface area (Å²) in [5.41, 5.74) is 2.91. The number of hydrogen-bond donors (Lipinski definition) is 3. The number of hydrogen-bond acceptors (Lipinski definition) is 4. The SMILES string of the molecule is CC(C)Nc1cc(-c2c[nH]c(C(=O)N[C@H](CO[Si](C)(C)C(C)(C)C)c3cccc(Cl)c3)c2)c(Cl)cn1. The van der Waals surface area contributed by atoms with Crippen LogP contribution in [0.2, 0.25) is 28.2 Å². The predicted molar refractivity (Wildman–Crippen MR) is 153 cm³/mol. The van der Waals surface area contributed by atoms with Gasteiger partial charge < -0.3 is 20.0 Å². The topological polar surface area (TPSA) is 79.0 Å². The van der Waals surface area contributed by atoms with E-state index in [0.717, 1.165) is 22.5 Å². The molecule has 0 unspecified atom stereocenters. The molecule has 0 aliphatic carbocycles. The van der Waals surface area contributed by atoms with Crippen molar-refractivity contribution in [2.75, 3.05) is 11.9 Å². The van der Waals surface area contributed by atoms with E-state index in [1.54, 1.807) is 18.5 Å². The van der Waals surface area contributed by atoms with Crippen LogP contribution in [0.1, 0.15) is 56.7 Å². The van der Waals surface area contributed by atoms with Gasteiger partial charge in [-0.2, -0.15) is 0 Å². The number of pyridine rings is 1. The Hall–Kier alpha value is -2.32. The lowest BCUT2D eigenvalue weighted by molar-refractivity contribution is 0.0914. The molecule has 0 fully saturated rings. The Morgan fingerprint density at radius 3 is 2.53 bits per heavy atom. The molecule has 36 heavy (non-hydrogen) atoms. The van der Waals surface area contributed by atoms with E-state index < -0.39 is 8.32 Å². The van der Waals surface area contributed by atoms with Crippen molar-refractivity contribution < 1.29 is 9.22 Å². The normalized spacial score (nSPS) is 13.1. The summed E-state index contributed by atoms with van der Waals surface area (Å²) in [5.74, 6) is 0.483. The second-order valence-electron chi connectivity index (χ2n) is 10.8. The van der Waals surface area contributed by atoms with E-state index in [9.17, 15) is 4.79 Å². The van der Waals surface area contributed by atoms with Crippen LogP contribution < -0.4 is 10.6 Å². The highest BCUT2D eigenvalue weighted by atomic mass is 35.5. The summed E-state index contributed by atoms with van der Waals surface area (Å²) in [6, 6.07) is 11.1. The average molecular weight is 548 g/mol. The molecule has 6 nitrogen and oxygen atoms in total. The minimum absolute atomic E-state index is 0.0529. The Balaban J connectivity index is 1.83. The Bertz CT molecular complexity index is 1200. The second kappa shape index (κ2) is 11.4. The Morgan fingerprint density at radius 2 is 1.89 bits per heavy atom. The molecule has 2 aromatic heterocycles. The van der Waals surface area contributed by atoms with Gasteiger partial charge in [0.2, 0.25) is 0 Å². The lowest BCUT2D eigenvalue weighted by Gasteiger charge is -2.37. The van der Waals surface area contributed by atoms with Crippen molar-refractivity contribution in [2.24, 2.45) is 0 Å². The van der Waals surface area contributed by atoms with Crippen LogP contribution >= 0.6 is 23.2 Å². The van der Waals surface area contributed by atoms with Crippen LogP contribution in [0.5, 0.6) is 0 Å². The first-order valence-electron chi connectivity index (χ1n) is 12.1. The summed E-state index contributed by atoms with van der Waals surface area (Å²) in [7, 11) is -2.03. The molecule has 0 aliphatic heterocycles. The van der Waals surface area contributed by atoms with Crippen LogP contribution in [-0.2, 0) is 4.43 Å². The van der Waals surface area contributed by atoms with Gasteiger partial charge in [-0.3, -0.25) is 4.79 Å². The molecule has 2 heterocycles. The molecular formula is C27H36Cl2N4O2Si. The Kier molecular flexibility index (Phi) is 8.93. The number of carbonyl (C=O) groups excluding carboxylic acids is 1. The van der Waals surface area contributed by atoms with Crippen LogP contribution in [0.25, 0.3) is 11.1 Å². The van der Waals surface area contributed by atoms with Gasteiger partial charge in [0, 0.05) is 34.6 Å². The van der Waals surface area contributed by atoms with E-state index in [1.807, 2.05) is 44.2 Å². The second-order valence-corrected chi connectivity index (χ2v) is 16.5. The molecule has 194 valence electrons. The van der Waals surface area contributed by atoms with Gasteiger partial charge in [0.1, 0.15) is 11.5 Å². The molecule has 0 aliphatic rings. The lowest BCUT2D eigenvalue weighted by atomic mass is 10.1. The summed E-state index contributed by atoms with van der Waals surface area (Å²) < 4.78 is 6.46. The molecule has 0 saturated carbocycles. The first-order valence-corrected chi connectivity index (χ1v) is 15.7. The minimum atomic E-state index is -2.03. The fourth-order valence-corrected chi connectivity index (χ4v) is 4.83. The van der Waals surface area contributed by atoms with Gasteiger partial charge in [-0.25, -0.2) is 4.98 Å². The van der Waals surface area contributed by atoms with Crippen molar-refractivity contribution in [2.45, 2.75) is 64.8 Å². The molecule has 9 heteroatoms. The van der Waals surface area contributed by atoms with E-state index >= 15 is 0 Å². The summed E-state index contributed by atoms with van der Waals surface area (Å²) in [4.78, 5) is 20.7. The number of nitrogens with one attached hydrogen (secondary N) is 3. The van der Waals surface area contributed by atoms with Crippen LogP contribution in [-0.4, -0.2) is 36.8 Å². The third-order valence-electron chi connectivity index (χ3n) is 6.50. The number of aromatic amines is 1. The number of anilines is 1.